The molecule has 92 valence electrons. The molecule has 3 rings (SSSR count). The summed E-state index contributed by atoms with van der Waals surface area (Å²) < 4.78 is 0. The van der Waals surface area contributed by atoms with Crippen molar-refractivity contribution < 1.29 is 9.59 Å². The molecule has 0 spiro atoms. The van der Waals surface area contributed by atoms with Crippen LogP contribution in [0.1, 0.15) is 27.0 Å². The molecule has 0 unspecified atom stereocenters. The van der Waals surface area contributed by atoms with Crippen molar-refractivity contribution in [3.05, 3.63) is 70.8 Å². The number of hydrogen-bond acceptors (Lipinski definition) is 2. The van der Waals surface area contributed by atoms with E-state index in [1.54, 1.807) is 6.07 Å². The van der Waals surface area contributed by atoms with Gasteiger partial charge < -0.3 is 0 Å². The first-order valence-corrected chi connectivity index (χ1v) is 6.13. The predicted octanol–water partition coefficient (Wildman–Crippen LogP) is 3.30. The summed E-state index contributed by atoms with van der Waals surface area (Å²) in [5.41, 5.74) is 4.27. The number of carbonyl (C=O) groups excluding carboxylic acids is 2. The van der Waals surface area contributed by atoms with Crippen LogP contribution in [0.5, 0.6) is 0 Å². The lowest BCUT2D eigenvalue weighted by Crippen LogP contribution is -1.98. The molecule has 0 saturated carbocycles. The van der Waals surface area contributed by atoms with Crippen molar-refractivity contribution in [2.45, 2.75) is 6.92 Å². The molecule has 0 fully saturated rings. The van der Waals surface area contributed by atoms with E-state index in [2.05, 4.69) is 0 Å². The van der Waals surface area contributed by atoms with Crippen molar-refractivity contribution >= 4 is 23.2 Å². The fourth-order valence-electron chi connectivity index (χ4n) is 2.44. The maximum atomic E-state index is 12.4. The maximum absolute atomic E-state index is 12.4. The fourth-order valence-corrected chi connectivity index (χ4v) is 2.44. The molecule has 0 saturated heterocycles. The average molecular weight is 248 g/mol. The van der Waals surface area contributed by atoms with E-state index >= 15 is 0 Å². The molecule has 0 atom stereocenters. The van der Waals surface area contributed by atoms with Gasteiger partial charge in [0.15, 0.2) is 12.1 Å². The van der Waals surface area contributed by atoms with E-state index in [-0.39, 0.29) is 5.78 Å². The molecule has 2 heteroatoms. The molecule has 2 aromatic rings. The third kappa shape index (κ3) is 1.73. The molecule has 0 bridgehead atoms. The number of fused-ring (bicyclic) bond motifs is 1. The summed E-state index contributed by atoms with van der Waals surface area (Å²) in [6.07, 6.45) is 0.777. The van der Waals surface area contributed by atoms with Crippen LogP contribution in [0.15, 0.2) is 48.5 Å². The highest BCUT2D eigenvalue weighted by molar-refractivity contribution is 6.46. The average Bonchev–Trinajstić information content (AvgIpc) is 2.73. The zero-order chi connectivity index (χ0) is 13.4. The van der Waals surface area contributed by atoms with Gasteiger partial charge in [-0.1, -0.05) is 54.1 Å². The Balaban J connectivity index is 2.23. The number of aldehydes is 1. The molecular formula is C17H12O2. The quantitative estimate of drug-likeness (QED) is 0.764. The van der Waals surface area contributed by atoms with Gasteiger partial charge in [-0.25, -0.2) is 0 Å². The lowest BCUT2D eigenvalue weighted by atomic mass is 9.99. The number of rotatable bonds is 2. The number of benzene rings is 2. The van der Waals surface area contributed by atoms with E-state index in [0.717, 1.165) is 23.0 Å². The SMILES string of the molecule is Cc1ccc(C2=C(C=O)c3ccccc3C2=O)cc1. The smallest absolute Gasteiger partial charge is 0.194 e. The minimum atomic E-state index is -0.0680. The molecule has 2 aromatic carbocycles. The van der Waals surface area contributed by atoms with Crippen LogP contribution >= 0.6 is 0 Å². The number of hydrogen-bond donors (Lipinski definition) is 0. The second-order valence-electron chi connectivity index (χ2n) is 4.65. The molecule has 2 nitrogen and oxygen atoms in total. The van der Waals surface area contributed by atoms with Crippen LogP contribution in [0.4, 0.5) is 0 Å². The summed E-state index contributed by atoms with van der Waals surface area (Å²) in [4.78, 5) is 23.8. The Labute approximate surface area is 111 Å². The topological polar surface area (TPSA) is 34.1 Å². The molecule has 19 heavy (non-hydrogen) atoms. The van der Waals surface area contributed by atoms with Crippen molar-refractivity contribution in [2.75, 3.05) is 0 Å². The van der Waals surface area contributed by atoms with Crippen LogP contribution in [-0.2, 0) is 4.79 Å². The second-order valence-corrected chi connectivity index (χ2v) is 4.65. The minimum absolute atomic E-state index is 0.0680. The van der Waals surface area contributed by atoms with Gasteiger partial charge in [-0.15, -0.1) is 0 Å². The highest BCUT2D eigenvalue weighted by Crippen LogP contribution is 2.37. The van der Waals surface area contributed by atoms with Crippen LogP contribution in [0.3, 0.4) is 0 Å². The van der Waals surface area contributed by atoms with Gasteiger partial charge >= 0.3 is 0 Å². The summed E-state index contributed by atoms with van der Waals surface area (Å²) in [6.45, 7) is 1.99. The van der Waals surface area contributed by atoms with Crippen molar-refractivity contribution in [3.63, 3.8) is 0 Å². The molecule has 0 aliphatic heterocycles. The first-order chi connectivity index (χ1) is 9.22. The van der Waals surface area contributed by atoms with Gasteiger partial charge in [0.05, 0.1) is 0 Å². The number of ketones is 1. The van der Waals surface area contributed by atoms with E-state index in [1.165, 1.54) is 0 Å². The van der Waals surface area contributed by atoms with Crippen LogP contribution < -0.4 is 0 Å². The lowest BCUT2D eigenvalue weighted by Gasteiger charge is -2.03. The standard InChI is InChI=1S/C17H12O2/c1-11-6-8-12(9-7-11)16-15(10-18)13-4-2-3-5-14(13)17(16)19/h2-10H,1H3. The van der Waals surface area contributed by atoms with Crippen molar-refractivity contribution in [1.82, 2.24) is 0 Å². The largest absolute Gasteiger partial charge is 0.298 e. The van der Waals surface area contributed by atoms with Crippen LogP contribution in [0.25, 0.3) is 11.1 Å². The summed E-state index contributed by atoms with van der Waals surface area (Å²) in [5, 5.41) is 0. The molecule has 1 aliphatic rings. The highest BCUT2D eigenvalue weighted by Gasteiger charge is 2.29. The van der Waals surface area contributed by atoms with Gasteiger partial charge in [0.25, 0.3) is 0 Å². The zero-order valence-corrected chi connectivity index (χ0v) is 10.5. The number of Topliss-reactive ketones (excluding diaryl/α,β-unsaturated/α-hetero) is 1. The third-order valence-electron chi connectivity index (χ3n) is 3.42. The van der Waals surface area contributed by atoms with Gasteiger partial charge in [0.2, 0.25) is 0 Å². The van der Waals surface area contributed by atoms with Crippen LogP contribution in [0, 0.1) is 6.92 Å². The first-order valence-electron chi connectivity index (χ1n) is 6.13. The van der Waals surface area contributed by atoms with Gasteiger partial charge in [-0.05, 0) is 18.1 Å². The van der Waals surface area contributed by atoms with Gasteiger partial charge in [0, 0.05) is 16.7 Å². The van der Waals surface area contributed by atoms with Gasteiger partial charge in [-0.2, -0.15) is 0 Å². The summed E-state index contributed by atoms with van der Waals surface area (Å²) in [7, 11) is 0. The zero-order valence-electron chi connectivity index (χ0n) is 10.5. The van der Waals surface area contributed by atoms with E-state index < -0.39 is 0 Å². The fraction of sp³-hybridized carbons (Fsp3) is 0.0588. The van der Waals surface area contributed by atoms with Crippen molar-refractivity contribution in [2.24, 2.45) is 0 Å². The minimum Gasteiger partial charge on any atom is -0.298 e. The Kier molecular flexibility index (Phi) is 2.64. The van der Waals surface area contributed by atoms with Crippen molar-refractivity contribution in [3.8, 4) is 0 Å². The summed E-state index contributed by atoms with van der Waals surface area (Å²) >= 11 is 0. The van der Waals surface area contributed by atoms with Gasteiger partial charge in [0.1, 0.15) is 0 Å². The number of aryl methyl sites for hydroxylation is 1. The molecule has 0 heterocycles. The van der Waals surface area contributed by atoms with Crippen molar-refractivity contribution in [1.29, 1.82) is 0 Å². The van der Waals surface area contributed by atoms with E-state index in [4.69, 9.17) is 0 Å². The highest BCUT2D eigenvalue weighted by atomic mass is 16.1. The molecule has 0 radical (unpaired) electrons. The van der Waals surface area contributed by atoms with Crippen LogP contribution in [0.2, 0.25) is 0 Å². The molecule has 0 N–H and O–H groups in total. The third-order valence-corrected chi connectivity index (χ3v) is 3.42. The summed E-state index contributed by atoms with van der Waals surface area (Å²) in [5.74, 6) is -0.0680. The van der Waals surface area contributed by atoms with E-state index in [0.29, 0.717) is 16.7 Å². The number of carbonyl (C=O) groups is 2. The Morgan fingerprint density at radius 3 is 2.16 bits per heavy atom. The molecule has 0 amide bonds. The summed E-state index contributed by atoms with van der Waals surface area (Å²) in [6, 6.07) is 14.9. The lowest BCUT2D eigenvalue weighted by molar-refractivity contribution is -0.103. The van der Waals surface area contributed by atoms with E-state index in [1.807, 2.05) is 49.4 Å². The molecule has 1 aliphatic carbocycles. The molecular weight excluding hydrogens is 236 g/mol. The predicted molar refractivity (Wildman–Crippen MR) is 74.8 cm³/mol. The Morgan fingerprint density at radius 2 is 1.53 bits per heavy atom. The van der Waals surface area contributed by atoms with Gasteiger partial charge in [-0.3, -0.25) is 9.59 Å². The second kappa shape index (κ2) is 4.32. The maximum Gasteiger partial charge on any atom is 0.194 e. The Morgan fingerprint density at radius 1 is 0.895 bits per heavy atom. The first kappa shape index (κ1) is 11.6. The normalized spacial score (nSPS) is 13.6. The Bertz CT molecular complexity index is 706. The molecule has 0 aromatic heterocycles. The van der Waals surface area contributed by atoms with Crippen LogP contribution in [-0.4, -0.2) is 12.1 Å². The van der Waals surface area contributed by atoms with E-state index in [9.17, 15) is 9.59 Å². The monoisotopic (exact) mass is 248 g/mol. The Hall–Kier alpha value is -2.48. The number of allylic oxidation sites excluding steroid dienone is 2.